The van der Waals surface area contributed by atoms with Gasteiger partial charge in [-0.25, -0.2) is 4.98 Å². The van der Waals surface area contributed by atoms with Crippen LogP contribution in [0.15, 0.2) is 53.1 Å². The second kappa shape index (κ2) is 11.7. The van der Waals surface area contributed by atoms with Crippen molar-refractivity contribution >= 4 is 43.6 Å². The minimum absolute atomic E-state index is 0.160. The van der Waals surface area contributed by atoms with Crippen LogP contribution in [-0.2, 0) is 7.05 Å². The van der Waals surface area contributed by atoms with Crippen molar-refractivity contribution in [1.29, 1.82) is 0 Å². The molecule has 0 bridgehead atoms. The van der Waals surface area contributed by atoms with Gasteiger partial charge in [-0.1, -0.05) is 47.0 Å². The number of nitrogens with one attached hydrogen (secondary N) is 1. The van der Waals surface area contributed by atoms with Gasteiger partial charge >= 0.3 is 0 Å². The Labute approximate surface area is 232 Å². The molecule has 5 rings (SSSR count). The summed E-state index contributed by atoms with van der Waals surface area (Å²) < 4.78 is 3.08. The highest BCUT2D eigenvalue weighted by Gasteiger charge is 2.18. The minimum Gasteiger partial charge on any atom is -0.351 e. The number of aromatic nitrogens is 2. The van der Waals surface area contributed by atoms with E-state index >= 15 is 0 Å². The molecule has 1 saturated carbocycles. The van der Waals surface area contributed by atoms with Crippen LogP contribution in [0.1, 0.15) is 48.0 Å². The van der Waals surface area contributed by atoms with Crippen LogP contribution >= 0.6 is 15.9 Å². The lowest BCUT2D eigenvalue weighted by molar-refractivity contribution is 0.0956. The first kappa shape index (κ1) is 26.4. The smallest absolute Gasteiger partial charge is 0.252 e. The molecule has 0 aliphatic heterocycles. The van der Waals surface area contributed by atoms with E-state index in [4.69, 9.17) is 10.7 Å². The molecule has 1 amide bonds. The predicted octanol–water partition coefficient (Wildman–Crippen LogP) is 5.46. The summed E-state index contributed by atoms with van der Waals surface area (Å²) in [6.45, 7) is 1.52. The molecule has 2 aromatic carbocycles. The molecule has 38 heavy (non-hydrogen) atoms. The topological polar surface area (TPSA) is 76.2 Å². The first-order valence-corrected chi connectivity index (χ1v) is 14.1. The maximum atomic E-state index is 13.3. The molecule has 0 spiro atoms. The van der Waals surface area contributed by atoms with E-state index in [0.717, 1.165) is 49.6 Å². The van der Waals surface area contributed by atoms with Gasteiger partial charge in [-0.2, -0.15) is 0 Å². The molecule has 0 atom stereocenters. The largest absolute Gasteiger partial charge is 0.351 e. The third kappa shape index (κ3) is 5.63. The number of nitrogens with two attached hydrogens (primary N) is 1. The van der Waals surface area contributed by atoms with Gasteiger partial charge in [0.25, 0.3) is 5.91 Å². The second-order valence-corrected chi connectivity index (χ2v) is 11.1. The number of rotatable bonds is 6. The molecule has 196 valence electrons. The maximum absolute atomic E-state index is 13.3. The van der Waals surface area contributed by atoms with Gasteiger partial charge in [0.05, 0.1) is 23.3 Å². The number of nitrogens with zero attached hydrogens (tertiary/aromatic N) is 3. The fraction of sp³-hybridized carbons (Fsp3) is 0.355. The van der Waals surface area contributed by atoms with Gasteiger partial charge in [-0.05, 0) is 62.4 Å². The fourth-order valence-corrected chi connectivity index (χ4v) is 5.76. The molecule has 1 aliphatic carbocycles. The number of hydrogen-bond donors (Lipinski definition) is 2. The summed E-state index contributed by atoms with van der Waals surface area (Å²) in [6.07, 6.45) is 8.56. The highest BCUT2D eigenvalue weighted by Crippen LogP contribution is 2.33. The molecule has 1 aliphatic rings. The maximum Gasteiger partial charge on any atom is 0.252 e. The highest BCUT2D eigenvalue weighted by molar-refractivity contribution is 9.10. The van der Waals surface area contributed by atoms with E-state index in [0.29, 0.717) is 24.7 Å². The van der Waals surface area contributed by atoms with Crippen molar-refractivity contribution in [2.45, 2.75) is 38.1 Å². The summed E-state index contributed by atoms with van der Waals surface area (Å²) in [6, 6.07) is 14.7. The number of halogens is 1. The summed E-state index contributed by atoms with van der Waals surface area (Å²) in [5.41, 5.74) is 10.7. The lowest BCUT2D eigenvalue weighted by Crippen LogP contribution is -2.33. The quantitative estimate of drug-likeness (QED) is 0.301. The Morgan fingerprint density at radius 3 is 2.76 bits per heavy atom. The van der Waals surface area contributed by atoms with E-state index < -0.39 is 0 Å². The summed E-state index contributed by atoms with van der Waals surface area (Å²) in [5.74, 6) is 6.50. The molecular formula is C31H34BrN5O. The first-order chi connectivity index (χ1) is 18.4. The molecule has 4 aromatic rings. The van der Waals surface area contributed by atoms with Crippen LogP contribution in [0.5, 0.6) is 0 Å². The zero-order valence-corrected chi connectivity index (χ0v) is 23.6. The SMILES string of the molecule is CN(CC#Cc1ccc2nc(-c3cn(C)c4ccc(Br)cc34)cc(C(=O)NCCN)c2c1)C1CCCCC1. The first-order valence-electron chi connectivity index (χ1n) is 13.3. The Balaban J connectivity index is 1.52. The van der Waals surface area contributed by atoms with E-state index in [2.05, 4.69) is 67.9 Å². The number of amides is 1. The molecule has 1 fully saturated rings. The van der Waals surface area contributed by atoms with Gasteiger partial charge in [0, 0.05) is 64.3 Å². The Bertz CT molecular complexity index is 1540. The Kier molecular flexibility index (Phi) is 8.13. The van der Waals surface area contributed by atoms with Gasteiger partial charge in [-0.3, -0.25) is 9.69 Å². The zero-order valence-electron chi connectivity index (χ0n) is 22.1. The van der Waals surface area contributed by atoms with Crippen LogP contribution in [0.2, 0.25) is 0 Å². The van der Waals surface area contributed by atoms with Crippen LogP contribution in [-0.4, -0.2) is 53.1 Å². The predicted molar refractivity (Wildman–Crippen MR) is 159 cm³/mol. The van der Waals surface area contributed by atoms with Crippen LogP contribution in [0, 0.1) is 11.8 Å². The standard InChI is InChI=1S/C31H34BrN5O/c1-36(23-8-4-3-5-9-23)16-6-7-21-10-12-28-24(17-21)26(31(38)34-15-14-33)19-29(35-28)27-20-37(2)30-13-11-22(32)18-25(27)30/h10-13,17-20,23H,3-5,8-9,14-16,33H2,1-2H3,(H,34,38). The molecule has 0 saturated heterocycles. The monoisotopic (exact) mass is 571 g/mol. The van der Waals surface area contributed by atoms with Gasteiger partial charge in [0.1, 0.15) is 0 Å². The summed E-state index contributed by atoms with van der Waals surface area (Å²) in [7, 11) is 4.19. The number of benzene rings is 2. The van der Waals surface area contributed by atoms with Crippen molar-refractivity contribution in [2.24, 2.45) is 12.8 Å². The molecule has 0 radical (unpaired) electrons. The van der Waals surface area contributed by atoms with Gasteiger partial charge in [0.15, 0.2) is 0 Å². The highest BCUT2D eigenvalue weighted by atomic mass is 79.9. The number of fused-ring (bicyclic) bond motifs is 2. The fourth-order valence-electron chi connectivity index (χ4n) is 5.40. The van der Waals surface area contributed by atoms with Crippen molar-refractivity contribution in [2.75, 3.05) is 26.7 Å². The molecule has 2 aromatic heterocycles. The Morgan fingerprint density at radius 1 is 1.16 bits per heavy atom. The van der Waals surface area contributed by atoms with E-state index in [1.165, 1.54) is 32.1 Å². The van der Waals surface area contributed by atoms with Crippen molar-refractivity contribution in [3.8, 4) is 23.1 Å². The van der Waals surface area contributed by atoms with E-state index in [9.17, 15) is 4.79 Å². The summed E-state index contributed by atoms with van der Waals surface area (Å²) in [5, 5.41) is 4.80. The zero-order chi connectivity index (χ0) is 26.6. The van der Waals surface area contributed by atoms with Crippen LogP contribution in [0.4, 0.5) is 0 Å². The number of aryl methyl sites for hydroxylation is 1. The second-order valence-electron chi connectivity index (χ2n) is 10.2. The normalized spacial score (nSPS) is 14.1. The average molecular weight is 573 g/mol. The van der Waals surface area contributed by atoms with Crippen molar-refractivity contribution in [3.63, 3.8) is 0 Å². The average Bonchev–Trinajstić information content (AvgIpc) is 3.26. The lowest BCUT2D eigenvalue weighted by Gasteiger charge is -2.29. The molecule has 3 N–H and O–H groups in total. The van der Waals surface area contributed by atoms with Crippen molar-refractivity contribution in [1.82, 2.24) is 19.8 Å². The molecular weight excluding hydrogens is 538 g/mol. The lowest BCUT2D eigenvalue weighted by atomic mass is 9.94. The van der Waals surface area contributed by atoms with Crippen molar-refractivity contribution in [3.05, 3.63) is 64.3 Å². The van der Waals surface area contributed by atoms with Crippen molar-refractivity contribution < 1.29 is 4.79 Å². The molecule has 2 heterocycles. The van der Waals surface area contributed by atoms with E-state index in [1.807, 2.05) is 37.4 Å². The van der Waals surface area contributed by atoms with Crippen LogP contribution < -0.4 is 11.1 Å². The summed E-state index contributed by atoms with van der Waals surface area (Å²) >= 11 is 3.59. The minimum atomic E-state index is -0.160. The molecule has 0 unspecified atom stereocenters. The van der Waals surface area contributed by atoms with Crippen LogP contribution in [0.3, 0.4) is 0 Å². The number of carbonyl (C=O) groups is 1. The summed E-state index contributed by atoms with van der Waals surface area (Å²) in [4.78, 5) is 20.6. The Hall–Kier alpha value is -3.18. The van der Waals surface area contributed by atoms with Gasteiger partial charge in [0.2, 0.25) is 0 Å². The Morgan fingerprint density at radius 2 is 1.97 bits per heavy atom. The third-order valence-corrected chi connectivity index (χ3v) is 7.96. The van der Waals surface area contributed by atoms with Gasteiger partial charge < -0.3 is 15.6 Å². The van der Waals surface area contributed by atoms with E-state index in [-0.39, 0.29) is 5.91 Å². The van der Waals surface area contributed by atoms with Gasteiger partial charge in [-0.15, -0.1) is 0 Å². The van der Waals surface area contributed by atoms with E-state index in [1.54, 1.807) is 0 Å². The third-order valence-electron chi connectivity index (χ3n) is 7.47. The number of pyridine rings is 1. The van der Waals surface area contributed by atoms with Crippen LogP contribution in [0.25, 0.3) is 33.1 Å². The number of carbonyl (C=O) groups excluding carboxylic acids is 1. The molecule has 6 nitrogen and oxygen atoms in total. The molecule has 7 heteroatoms. The number of hydrogen-bond acceptors (Lipinski definition) is 4.